The second kappa shape index (κ2) is 5.90. The molecule has 0 aliphatic carbocycles. The molecule has 1 rings (SSSR count). The molecule has 0 aliphatic heterocycles. The van der Waals surface area contributed by atoms with E-state index in [1.807, 2.05) is 0 Å². The average molecular weight is 280 g/mol. The molecule has 6 nitrogen and oxygen atoms in total. The Morgan fingerprint density at radius 2 is 2.05 bits per heavy atom. The summed E-state index contributed by atoms with van der Waals surface area (Å²) < 4.78 is 1.30. The molecule has 1 unspecified atom stereocenters. The zero-order chi connectivity index (χ0) is 15.5. The molecular formula is C14H20N2O4. The van der Waals surface area contributed by atoms with Crippen molar-refractivity contribution in [2.75, 3.05) is 0 Å². The number of nitrogens with one attached hydrogen (secondary N) is 1. The fraction of sp³-hybridized carbons (Fsp3) is 0.500. The Balaban J connectivity index is 3.06. The van der Waals surface area contributed by atoms with Crippen molar-refractivity contribution in [3.63, 3.8) is 0 Å². The predicted octanol–water partition coefficient (Wildman–Crippen LogP) is 0.871. The van der Waals surface area contributed by atoms with E-state index >= 15 is 0 Å². The van der Waals surface area contributed by atoms with Gasteiger partial charge in [0.05, 0.1) is 0 Å². The number of hydrogen-bond donors (Lipinski definition) is 2. The molecule has 6 heteroatoms. The van der Waals surface area contributed by atoms with Crippen molar-refractivity contribution in [1.29, 1.82) is 0 Å². The van der Waals surface area contributed by atoms with Crippen LogP contribution in [0.1, 0.15) is 32.8 Å². The third-order valence-electron chi connectivity index (χ3n) is 3.24. The van der Waals surface area contributed by atoms with Gasteiger partial charge in [-0.3, -0.25) is 9.59 Å². The van der Waals surface area contributed by atoms with Crippen molar-refractivity contribution >= 4 is 11.9 Å². The zero-order valence-electron chi connectivity index (χ0n) is 12.1. The summed E-state index contributed by atoms with van der Waals surface area (Å²) >= 11 is 0. The highest BCUT2D eigenvalue weighted by Gasteiger charge is 2.33. The van der Waals surface area contributed by atoms with Gasteiger partial charge in [-0.05, 0) is 38.8 Å². The molecule has 110 valence electrons. The number of carboxylic acid groups (broad SMARTS) is 1. The highest BCUT2D eigenvalue weighted by Crippen LogP contribution is 2.13. The molecule has 0 fully saturated rings. The van der Waals surface area contributed by atoms with Crippen LogP contribution >= 0.6 is 0 Å². The topological polar surface area (TPSA) is 88.4 Å². The molecule has 0 bridgehead atoms. The first kappa shape index (κ1) is 15.9. The molecule has 0 aliphatic rings. The summed E-state index contributed by atoms with van der Waals surface area (Å²) in [4.78, 5) is 35.1. The molecule has 0 radical (unpaired) electrons. The van der Waals surface area contributed by atoms with Crippen LogP contribution < -0.4 is 10.9 Å². The van der Waals surface area contributed by atoms with Crippen LogP contribution in [0.4, 0.5) is 0 Å². The Morgan fingerprint density at radius 3 is 2.50 bits per heavy atom. The number of aryl methyl sites for hydroxylation is 1. The third kappa shape index (κ3) is 3.26. The Hall–Kier alpha value is -2.11. The van der Waals surface area contributed by atoms with E-state index in [2.05, 4.69) is 5.32 Å². The quantitative estimate of drug-likeness (QED) is 0.837. The summed E-state index contributed by atoms with van der Waals surface area (Å²) in [6.07, 6.45) is 1.82. The van der Waals surface area contributed by atoms with Crippen LogP contribution in [0.2, 0.25) is 0 Å². The summed E-state index contributed by atoms with van der Waals surface area (Å²) in [5.41, 5.74) is -0.652. The SMILES string of the molecule is CCC(NC(=O)C(C)(C)n1ccc(C)cc1=O)C(=O)O. The summed E-state index contributed by atoms with van der Waals surface area (Å²) in [6, 6.07) is 2.21. The lowest BCUT2D eigenvalue weighted by atomic mass is 10.0. The molecule has 0 aromatic carbocycles. The van der Waals surface area contributed by atoms with Crippen LogP contribution in [-0.4, -0.2) is 27.6 Å². The van der Waals surface area contributed by atoms with Gasteiger partial charge in [0.1, 0.15) is 11.6 Å². The van der Waals surface area contributed by atoms with Crippen LogP contribution in [0.15, 0.2) is 23.1 Å². The van der Waals surface area contributed by atoms with E-state index in [0.29, 0.717) is 0 Å². The maximum Gasteiger partial charge on any atom is 0.326 e. The third-order valence-corrected chi connectivity index (χ3v) is 3.24. The first-order chi connectivity index (χ1) is 9.20. The monoisotopic (exact) mass is 280 g/mol. The molecule has 0 saturated heterocycles. The first-order valence-electron chi connectivity index (χ1n) is 6.43. The molecule has 1 aromatic heterocycles. The van der Waals surface area contributed by atoms with Gasteiger partial charge in [-0.15, -0.1) is 0 Å². The zero-order valence-corrected chi connectivity index (χ0v) is 12.1. The summed E-state index contributed by atoms with van der Waals surface area (Å²) in [5, 5.41) is 11.4. The summed E-state index contributed by atoms with van der Waals surface area (Å²) in [5.74, 6) is -1.59. The van der Waals surface area contributed by atoms with Crippen molar-refractivity contribution in [1.82, 2.24) is 9.88 Å². The fourth-order valence-corrected chi connectivity index (χ4v) is 1.82. The minimum Gasteiger partial charge on any atom is -0.480 e. The number of carboxylic acids is 1. The van der Waals surface area contributed by atoms with Crippen molar-refractivity contribution < 1.29 is 14.7 Å². The van der Waals surface area contributed by atoms with Crippen LogP contribution in [-0.2, 0) is 15.1 Å². The van der Waals surface area contributed by atoms with Gasteiger partial charge < -0.3 is 15.0 Å². The number of pyridine rings is 1. The Kier molecular flexibility index (Phi) is 4.70. The lowest BCUT2D eigenvalue weighted by molar-refractivity contribution is -0.143. The van der Waals surface area contributed by atoms with Gasteiger partial charge in [0.25, 0.3) is 5.56 Å². The number of rotatable bonds is 5. The van der Waals surface area contributed by atoms with Crippen molar-refractivity contribution in [2.24, 2.45) is 0 Å². The molecule has 1 heterocycles. The van der Waals surface area contributed by atoms with Gasteiger partial charge in [-0.25, -0.2) is 4.79 Å². The minimum atomic E-state index is -1.16. The van der Waals surface area contributed by atoms with E-state index in [-0.39, 0.29) is 12.0 Å². The number of hydrogen-bond acceptors (Lipinski definition) is 3. The maximum atomic E-state index is 12.2. The van der Waals surface area contributed by atoms with Gasteiger partial charge in [-0.1, -0.05) is 6.92 Å². The van der Waals surface area contributed by atoms with Crippen molar-refractivity contribution in [3.8, 4) is 0 Å². The second-order valence-corrected chi connectivity index (χ2v) is 5.24. The minimum absolute atomic E-state index is 0.278. The van der Waals surface area contributed by atoms with Crippen molar-refractivity contribution in [3.05, 3.63) is 34.2 Å². The van der Waals surface area contributed by atoms with Gasteiger partial charge in [0.15, 0.2) is 0 Å². The number of amides is 1. The smallest absolute Gasteiger partial charge is 0.326 e. The van der Waals surface area contributed by atoms with Gasteiger partial charge >= 0.3 is 5.97 Å². The molecule has 20 heavy (non-hydrogen) atoms. The summed E-state index contributed by atoms with van der Waals surface area (Å²) in [7, 11) is 0. The number of carbonyl (C=O) groups excluding carboxylic acids is 1. The Bertz CT molecular complexity index is 575. The molecular weight excluding hydrogens is 260 g/mol. The number of aliphatic carboxylic acids is 1. The average Bonchev–Trinajstić information content (AvgIpc) is 2.34. The van der Waals surface area contributed by atoms with Crippen molar-refractivity contribution in [2.45, 2.75) is 45.7 Å². The van der Waals surface area contributed by atoms with Crippen LogP contribution in [0.5, 0.6) is 0 Å². The van der Waals surface area contributed by atoms with E-state index in [9.17, 15) is 14.4 Å². The summed E-state index contributed by atoms with van der Waals surface area (Å²) in [6.45, 7) is 6.61. The van der Waals surface area contributed by atoms with Gasteiger partial charge in [0, 0.05) is 12.3 Å². The molecule has 0 saturated carbocycles. The lowest BCUT2D eigenvalue weighted by Crippen LogP contribution is -2.52. The predicted molar refractivity (Wildman–Crippen MR) is 74.6 cm³/mol. The Morgan fingerprint density at radius 1 is 1.45 bits per heavy atom. The van der Waals surface area contributed by atoms with Crippen LogP contribution in [0.25, 0.3) is 0 Å². The molecule has 0 spiro atoms. The van der Waals surface area contributed by atoms with Crippen LogP contribution in [0.3, 0.4) is 0 Å². The molecule has 1 atom stereocenters. The van der Waals surface area contributed by atoms with E-state index < -0.39 is 23.5 Å². The second-order valence-electron chi connectivity index (χ2n) is 5.24. The van der Waals surface area contributed by atoms with E-state index in [0.717, 1.165) is 5.56 Å². The number of carbonyl (C=O) groups is 2. The number of aromatic nitrogens is 1. The number of nitrogens with zero attached hydrogens (tertiary/aromatic N) is 1. The maximum absolute atomic E-state index is 12.2. The first-order valence-corrected chi connectivity index (χ1v) is 6.43. The highest BCUT2D eigenvalue weighted by atomic mass is 16.4. The van der Waals surface area contributed by atoms with Gasteiger partial charge in [-0.2, -0.15) is 0 Å². The van der Waals surface area contributed by atoms with E-state index in [1.54, 1.807) is 40.0 Å². The Labute approximate surface area is 117 Å². The molecule has 1 amide bonds. The normalized spacial score (nSPS) is 12.8. The van der Waals surface area contributed by atoms with E-state index in [1.165, 1.54) is 10.6 Å². The van der Waals surface area contributed by atoms with E-state index in [4.69, 9.17) is 5.11 Å². The van der Waals surface area contributed by atoms with Gasteiger partial charge in [0.2, 0.25) is 5.91 Å². The highest BCUT2D eigenvalue weighted by molar-refractivity contribution is 5.88. The fourth-order valence-electron chi connectivity index (χ4n) is 1.82. The van der Waals surface area contributed by atoms with Crippen LogP contribution in [0, 0.1) is 6.92 Å². The molecule has 2 N–H and O–H groups in total. The molecule has 1 aromatic rings. The largest absolute Gasteiger partial charge is 0.480 e. The lowest BCUT2D eigenvalue weighted by Gasteiger charge is -2.28. The standard InChI is InChI=1S/C14H20N2O4/c1-5-10(12(18)19)15-13(20)14(3,4)16-7-6-9(2)8-11(16)17/h6-8,10H,5H2,1-4H3,(H,15,20)(H,18,19).